The Bertz CT molecular complexity index is 1320. The van der Waals surface area contributed by atoms with Crippen molar-refractivity contribution >= 4 is 28.5 Å². The van der Waals surface area contributed by atoms with Gasteiger partial charge in [-0.3, -0.25) is 9.59 Å². The summed E-state index contributed by atoms with van der Waals surface area (Å²) in [5, 5.41) is 0.774. The van der Waals surface area contributed by atoms with Gasteiger partial charge in [-0.05, 0) is 69.9 Å². The molecule has 0 saturated heterocycles. The number of rotatable bonds is 10. The van der Waals surface area contributed by atoms with E-state index < -0.39 is 6.04 Å². The summed E-state index contributed by atoms with van der Waals surface area (Å²) >= 11 is 6.17. The summed E-state index contributed by atoms with van der Waals surface area (Å²) in [7, 11) is 3.96. The quantitative estimate of drug-likeness (QED) is 0.371. The van der Waals surface area contributed by atoms with Crippen LogP contribution in [0.1, 0.15) is 41.1 Å². The van der Waals surface area contributed by atoms with Crippen LogP contribution in [0, 0.1) is 0 Å². The highest BCUT2D eigenvalue weighted by Gasteiger charge is 2.42. The number of hydrogen-bond donors (Lipinski definition) is 0. The molecule has 35 heavy (non-hydrogen) atoms. The summed E-state index contributed by atoms with van der Waals surface area (Å²) in [5.41, 5.74) is 1.13. The van der Waals surface area contributed by atoms with Crippen molar-refractivity contribution in [3.05, 3.63) is 81.2 Å². The van der Waals surface area contributed by atoms with E-state index in [1.54, 1.807) is 35.2 Å². The molecule has 1 atom stereocenters. The van der Waals surface area contributed by atoms with Gasteiger partial charge in [0.1, 0.15) is 12.2 Å². The minimum atomic E-state index is -0.619. The molecular weight excluding hydrogens is 468 g/mol. The number of carbonyl (C=O) groups excluding carboxylic acids is 1. The van der Waals surface area contributed by atoms with E-state index in [9.17, 15) is 9.59 Å². The average molecular weight is 497 g/mol. The summed E-state index contributed by atoms with van der Waals surface area (Å²) in [6.07, 6.45) is 2.39. The van der Waals surface area contributed by atoms with Gasteiger partial charge < -0.3 is 23.7 Å². The molecule has 1 aliphatic heterocycles. The number of benzene rings is 2. The average Bonchev–Trinajstić information content (AvgIpc) is 3.10. The lowest BCUT2D eigenvalue weighted by Gasteiger charge is -2.26. The Morgan fingerprint density at radius 2 is 1.94 bits per heavy atom. The summed E-state index contributed by atoms with van der Waals surface area (Å²) in [6, 6.07) is 9.70. The van der Waals surface area contributed by atoms with E-state index in [4.69, 9.17) is 25.5 Å². The fraction of sp³-hybridized carbons (Fsp3) is 0.333. The molecule has 3 aromatic rings. The van der Waals surface area contributed by atoms with Crippen LogP contribution in [0.5, 0.6) is 11.5 Å². The molecule has 1 aromatic heterocycles. The van der Waals surface area contributed by atoms with Crippen LogP contribution in [0.3, 0.4) is 0 Å². The maximum Gasteiger partial charge on any atom is 0.290 e. The number of fused-ring (bicyclic) bond motifs is 2. The molecule has 0 N–H and O–H groups in total. The second-order valence-electron chi connectivity index (χ2n) is 8.61. The molecule has 0 radical (unpaired) electrons. The third kappa shape index (κ3) is 4.92. The van der Waals surface area contributed by atoms with E-state index in [2.05, 4.69) is 11.5 Å². The first-order chi connectivity index (χ1) is 16.8. The molecule has 0 saturated carbocycles. The highest BCUT2D eigenvalue weighted by atomic mass is 35.5. The maximum atomic E-state index is 13.7. The number of halogens is 1. The van der Waals surface area contributed by atoms with Crippen molar-refractivity contribution in [3.8, 4) is 11.5 Å². The lowest BCUT2D eigenvalue weighted by molar-refractivity contribution is 0.0722. The lowest BCUT2D eigenvalue weighted by Crippen LogP contribution is -2.32. The Hall–Kier alpha value is -3.29. The fourth-order valence-electron chi connectivity index (χ4n) is 4.36. The van der Waals surface area contributed by atoms with E-state index in [-0.39, 0.29) is 17.1 Å². The maximum absolute atomic E-state index is 13.7. The minimum Gasteiger partial charge on any atom is -0.490 e. The number of carbonyl (C=O) groups is 1. The van der Waals surface area contributed by atoms with E-state index in [1.807, 2.05) is 33.2 Å². The fourth-order valence-corrected chi connectivity index (χ4v) is 4.53. The van der Waals surface area contributed by atoms with Crippen LogP contribution in [0.25, 0.3) is 11.0 Å². The van der Waals surface area contributed by atoms with Gasteiger partial charge in [0.2, 0.25) is 5.76 Å². The zero-order chi connectivity index (χ0) is 25.1. The molecule has 2 heterocycles. The van der Waals surface area contributed by atoms with Crippen molar-refractivity contribution in [2.45, 2.75) is 19.4 Å². The molecule has 2 aromatic carbocycles. The predicted octanol–water partition coefficient (Wildman–Crippen LogP) is 4.91. The Balaban J connectivity index is 1.87. The SMILES string of the molecule is C=CCOc1ccc([C@@H]2c3c(oc4ccc(Cl)cc4c3=O)C(=O)N2CCCN(C)C)cc1OCC. The molecule has 0 spiro atoms. The highest BCUT2D eigenvalue weighted by molar-refractivity contribution is 6.31. The molecule has 8 heteroatoms. The number of hydrogen-bond acceptors (Lipinski definition) is 6. The van der Waals surface area contributed by atoms with Gasteiger partial charge in [0.25, 0.3) is 5.91 Å². The van der Waals surface area contributed by atoms with E-state index in [0.717, 1.165) is 18.5 Å². The molecule has 0 unspecified atom stereocenters. The van der Waals surface area contributed by atoms with Gasteiger partial charge in [0.05, 0.1) is 23.6 Å². The first kappa shape index (κ1) is 24.8. The van der Waals surface area contributed by atoms with E-state index in [0.29, 0.717) is 52.8 Å². The van der Waals surface area contributed by atoms with Crippen molar-refractivity contribution in [1.82, 2.24) is 9.80 Å². The highest BCUT2D eigenvalue weighted by Crippen LogP contribution is 2.41. The van der Waals surface area contributed by atoms with Crippen LogP contribution in [-0.2, 0) is 0 Å². The molecule has 0 aliphatic carbocycles. The van der Waals surface area contributed by atoms with Gasteiger partial charge in [0.15, 0.2) is 16.9 Å². The molecule has 184 valence electrons. The second-order valence-corrected chi connectivity index (χ2v) is 9.05. The zero-order valence-corrected chi connectivity index (χ0v) is 20.9. The largest absolute Gasteiger partial charge is 0.490 e. The van der Waals surface area contributed by atoms with Crippen molar-refractivity contribution < 1.29 is 18.7 Å². The van der Waals surface area contributed by atoms with Gasteiger partial charge >= 0.3 is 0 Å². The molecule has 4 rings (SSSR count). The third-order valence-corrected chi connectivity index (χ3v) is 6.11. The standard InChI is InChI=1S/C27H29ClN2O5/c1-5-14-34-21-10-8-17(15-22(21)33-6-2)24-23-25(31)19-16-18(28)9-11-20(19)35-26(23)27(32)30(24)13-7-12-29(3)4/h5,8-11,15-16,24H,1,6-7,12-14H2,2-4H3/t24-/m1/s1. The molecule has 1 aliphatic rings. The topological polar surface area (TPSA) is 72.2 Å². The minimum absolute atomic E-state index is 0.0737. The predicted molar refractivity (Wildman–Crippen MR) is 137 cm³/mol. The smallest absolute Gasteiger partial charge is 0.290 e. The van der Waals surface area contributed by atoms with Crippen LogP contribution in [0.15, 0.2) is 58.3 Å². The second kappa shape index (κ2) is 10.5. The molecule has 7 nitrogen and oxygen atoms in total. The Labute approximate surface area is 209 Å². The molecular formula is C27H29ClN2O5. The van der Waals surface area contributed by atoms with Gasteiger partial charge in [0, 0.05) is 11.6 Å². The van der Waals surface area contributed by atoms with Gasteiger partial charge in [-0.1, -0.05) is 30.3 Å². The zero-order valence-electron chi connectivity index (χ0n) is 20.2. The van der Waals surface area contributed by atoms with Crippen molar-refractivity contribution in [1.29, 1.82) is 0 Å². The van der Waals surface area contributed by atoms with Crippen LogP contribution in [0.2, 0.25) is 5.02 Å². The van der Waals surface area contributed by atoms with Gasteiger partial charge in [-0.25, -0.2) is 0 Å². The third-order valence-electron chi connectivity index (χ3n) is 5.87. The Morgan fingerprint density at radius 1 is 1.14 bits per heavy atom. The molecule has 0 fully saturated rings. The summed E-state index contributed by atoms with van der Waals surface area (Å²) in [5.74, 6) is 0.873. The summed E-state index contributed by atoms with van der Waals surface area (Å²) in [4.78, 5) is 31.0. The normalized spacial score (nSPS) is 15.1. The Kier molecular flexibility index (Phi) is 7.48. The number of amides is 1. The molecule has 1 amide bonds. The monoisotopic (exact) mass is 496 g/mol. The van der Waals surface area contributed by atoms with Crippen LogP contribution < -0.4 is 14.9 Å². The summed E-state index contributed by atoms with van der Waals surface area (Å²) < 4.78 is 17.5. The van der Waals surface area contributed by atoms with Gasteiger partial charge in [-0.15, -0.1) is 0 Å². The van der Waals surface area contributed by atoms with E-state index in [1.165, 1.54) is 0 Å². The van der Waals surface area contributed by atoms with Gasteiger partial charge in [-0.2, -0.15) is 0 Å². The molecule has 0 bridgehead atoms. The van der Waals surface area contributed by atoms with Crippen LogP contribution in [0.4, 0.5) is 0 Å². The Morgan fingerprint density at radius 3 is 2.66 bits per heavy atom. The number of ether oxygens (including phenoxy) is 2. The number of nitrogens with zero attached hydrogens (tertiary/aromatic N) is 2. The van der Waals surface area contributed by atoms with Crippen LogP contribution in [-0.4, -0.2) is 56.1 Å². The van der Waals surface area contributed by atoms with Crippen molar-refractivity contribution in [2.24, 2.45) is 0 Å². The first-order valence-corrected chi connectivity index (χ1v) is 12.0. The van der Waals surface area contributed by atoms with Crippen molar-refractivity contribution in [2.75, 3.05) is 40.4 Å². The van der Waals surface area contributed by atoms with E-state index >= 15 is 0 Å². The first-order valence-electron chi connectivity index (χ1n) is 11.6. The summed E-state index contributed by atoms with van der Waals surface area (Å²) in [6.45, 7) is 7.60. The van der Waals surface area contributed by atoms with Crippen molar-refractivity contribution in [3.63, 3.8) is 0 Å². The lowest BCUT2D eigenvalue weighted by atomic mass is 9.98. The van der Waals surface area contributed by atoms with Crippen LogP contribution >= 0.6 is 11.6 Å².